The van der Waals surface area contributed by atoms with E-state index in [4.69, 9.17) is 4.74 Å². The Hall–Kier alpha value is -3.88. The van der Waals surface area contributed by atoms with Crippen LogP contribution in [0.25, 0.3) is 11.1 Å². The van der Waals surface area contributed by atoms with Crippen LogP contribution < -0.4 is 0 Å². The third kappa shape index (κ3) is 5.83. The largest absolute Gasteiger partial charge is 0.481 e. The fraction of sp³-hybridized carbons (Fsp3) is 0.484. The summed E-state index contributed by atoms with van der Waals surface area (Å²) in [5.41, 5.74) is 4.44. The quantitative estimate of drug-likeness (QED) is 0.476. The summed E-state index contributed by atoms with van der Waals surface area (Å²) in [6.07, 6.45) is 2.26. The van der Waals surface area contributed by atoms with E-state index in [2.05, 4.69) is 12.1 Å². The van der Waals surface area contributed by atoms with Gasteiger partial charge < -0.3 is 19.6 Å². The lowest BCUT2D eigenvalue weighted by molar-refractivity contribution is -0.151. The summed E-state index contributed by atoms with van der Waals surface area (Å²) < 4.78 is 5.85. The molecule has 2 atom stereocenters. The van der Waals surface area contributed by atoms with E-state index in [1.807, 2.05) is 36.4 Å². The van der Waals surface area contributed by atoms with E-state index in [1.165, 1.54) is 21.7 Å². The number of fused-ring (bicyclic) bond motifs is 3. The highest BCUT2D eigenvalue weighted by atomic mass is 16.6. The number of carbonyl (C=O) groups is 4. The Kier molecular flexibility index (Phi) is 9.12. The topological polar surface area (TPSA) is 107 Å². The second-order valence-corrected chi connectivity index (χ2v) is 10.8. The molecule has 3 amide bonds. The normalized spacial score (nSPS) is 16.0. The van der Waals surface area contributed by atoms with Crippen LogP contribution in [0.5, 0.6) is 0 Å². The predicted molar refractivity (Wildman–Crippen MR) is 151 cm³/mol. The number of benzene rings is 2. The second-order valence-electron chi connectivity index (χ2n) is 10.8. The molecule has 4 rings (SSSR count). The second kappa shape index (κ2) is 12.5. The SMILES string of the molecule is CCN(C)C(=O)[C@H](CC(=O)O)N(C)C(=O)[C@H](C1CCCC1)N(C)C(=O)OCC1c2ccccc2-c2ccccc21. The van der Waals surface area contributed by atoms with Gasteiger partial charge in [-0.2, -0.15) is 0 Å². The van der Waals surface area contributed by atoms with Crippen LogP contribution in [0.2, 0.25) is 0 Å². The van der Waals surface area contributed by atoms with Gasteiger partial charge in [0.05, 0.1) is 6.42 Å². The van der Waals surface area contributed by atoms with Gasteiger partial charge in [-0.3, -0.25) is 19.3 Å². The maximum absolute atomic E-state index is 13.9. The summed E-state index contributed by atoms with van der Waals surface area (Å²) in [5.74, 6) is -2.30. The first-order chi connectivity index (χ1) is 19.1. The maximum atomic E-state index is 13.9. The van der Waals surface area contributed by atoms with Gasteiger partial charge in [-0.1, -0.05) is 61.4 Å². The zero-order valence-corrected chi connectivity index (χ0v) is 23.7. The minimum atomic E-state index is -1.18. The first-order valence-corrected chi connectivity index (χ1v) is 14.0. The molecule has 1 fully saturated rings. The van der Waals surface area contributed by atoms with Crippen LogP contribution >= 0.6 is 0 Å². The average Bonchev–Trinajstić information content (AvgIpc) is 3.60. The molecule has 0 unspecified atom stereocenters. The third-order valence-electron chi connectivity index (χ3n) is 8.46. The Labute approximate surface area is 235 Å². The first-order valence-electron chi connectivity index (χ1n) is 14.0. The number of aliphatic carboxylic acids is 1. The number of rotatable bonds is 10. The molecule has 0 spiro atoms. The van der Waals surface area contributed by atoms with Gasteiger partial charge in [0.1, 0.15) is 18.7 Å². The van der Waals surface area contributed by atoms with Gasteiger partial charge >= 0.3 is 12.1 Å². The number of carboxylic acid groups (broad SMARTS) is 1. The lowest BCUT2D eigenvalue weighted by Gasteiger charge is -2.37. The monoisotopic (exact) mass is 549 g/mol. The van der Waals surface area contributed by atoms with Gasteiger partial charge in [-0.25, -0.2) is 4.79 Å². The maximum Gasteiger partial charge on any atom is 0.410 e. The van der Waals surface area contributed by atoms with Crippen LogP contribution in [0.3, 0.4) is 0 Å². The van der Waals surface area contributed by atoms with Crippen LogP contribution in [-0.4, -0.2) is 90.1 Å². The van der Waals surface area contributed by atoms with Crippen molar-refractivity contribution < 1.29 is 29.0 Å². The molecule has 9 heteroatoms. The molecule has 2 aromatic carbocycles. The lowest BCUT2D eigenvalue weighted by atomic mass is 9.95. The van der Waals surface area contributed by atoms with Crippen molar-refractivity contribution >= 4 is 23.9 Å². The number of nitrogens with zero attached hydrogens (tertiary/aromatic N) is 3. The van der Waals surface area contributed by atoms with Gasteiger partial charge in [-0.05, 0) is 47.9 Å². The Morgan fingerprint density at radius 2 is 1.43 bits per heavy atom. The molecule has 2 aliphatic rings. The number of carbonyl (C=O) groups excluding carboxylic acids is 3. The fourth-order valence-corrected chi connectivity index (χ4v) is 6.09. The van der Waals surface area contributed by atoms with Crippen LogP contribution in [-0.2, 0) is 19.1 Å². The van der Waals surface area contributed by atoms with Crippen molar-refractivity contribution in [3.05, 3.63) is 59.7 Å². The van der Waals surface area contributed by atoms with E-state index in [0.29, 0.717) is 6.54 Å². The van der Waals surface area contributed by atoms with Crippen molar-refractivity contribution in [2.24, 2.45) is 5.92 Å². The highest BCUT2D eigenvalue weighted by molar-refractivity contribution is 5.93. The molecule has 0 saturated heterocycles. The summed E-state index contributed by atoms with van der Waals surface area (Å²) in [7, 11) is 4.58. The molecular formula is C31H39N3O6. The molecule has 2 aromatic rings. The van der Waals surface area contributed by atoms with E-state index < -0.39 is 42.4 Å². The Morgan fingerprint density at radius 3 is 1.95 bits per heavy atom. The Balaban J connectivity index is 1.54. The zero-order valence-electron chi connectivity index (χ0n) is 23.7. The molecule has 1 N–H and O–H groups in total. The summed E-state index contributed by atoms with van der Waals surface area (Å²) in [6, 6.07) is 14.1. The zero-order chi connectivity index (χ0) is 29.0. The number of amides is 3. The minimum absolute atomic E-state index is 0.107. The molecule has 0 aromatic heterocycles. The molecule has 0 aliphatic heterocycles. The number of ether oxygens (including phenoxy) is 1. The molecular weight excluding hydrogens is 510 g/mol. The highest BCUT2D eigenvalue weighted by Gasteiger charge is 2.42. The molecule has 0 heterocycles. The molecule has 2 aliphatic carbocycles. The number of likely N-dealkylation sites (N-methyl/N-ethyl adjacent to an activating group) is 3. The van der Waals surface area contributed by atoms with E-state index in [9.17, 15) is 24.3 Å². The van der Waals surface area contributed by atoms with Crippen LogP contribution in [0.1, 0.15) is 56.1 Å². The van der Waals surface area contributed by atoms with E-state index >= 15 is 0 Å². The van der Waals surface area contributed by atoms with Crippen molar-refractivity contribution in [3.63, 3.8) is 0 Å². The van der Waals surface area contributed by atoms with Gasteiger partial charge in [0.25, 0.3) is 0 Å². The molecule has 0 bridgehead atoms. The van der Waals surface area contributed by atoms with Gasteiger partial charge in [0.2, 0.25) is 11.8 Å². The molecule has 0 radical (unpaired) electrons. The number of hydrogen-bond acceptors (Lipinski definition) is 5. The van der Waals surface area contributed by atoms with Gasteiger partial charge in [-0.15, -0.1) is 0 Å². The third-order valence-corrected chi connectivity index (χ3v) is 8.46. The van der Waals surface area contributed by atoms with Crippen molar-refractivity contribution in [1.82, 2.24) is 14.7 Å². The Bertz CT molecular complexity index is 1210. The van der Waals surface area contributed by atoms with Gasteiger partial charge in [0, 0.05) is 33.6 Å². The van der Waals surface area contributed by atoms with E-state index in [0.717, 1.165) is 47.9 Å². The van der Waals surface area contributed by atoms with Crippen molar-refractivity contribution in [2.75, 3.05) is 34.3 Å². The predicted octanol–water partition coefficient (Wildman–Crippen LogP) is 4.21. The molecule has 40 heavy (non-hydrogen) atoms. The fourth-order valence-electron chi connectivity index (χ4n) is 6.09. The number of carboxylic acids is 1. The average molecular weight is 550 g/mol. The van der Waals surface area contributed by atoms with Crippen LogP contribution in [0, 0.1) is 5.92 Å². The molecule has 9 nitrogen and oxygen atoms in total. The Morgan fingerprint density at radius 1 is 0.875 bits per heavy atom. The number of hydrogen-bond donors (Lipinski definition) is 1. The van der Waals surface area contributed by atoms with E-state index in [-0.39, 0.29) is 18.4 Å². The summed E-state index contributed by atoms with van der Waals surface area (Å²) in [4.78, 5) is 55.9. The molecule has 1 saturated carbocycles. The lowest BCUT2D eigenvalue weighted by Crippen LogP contribution is -2.57. The summed E-state index contributed by atoms with van der Waals surface area (Å²) in [5, 5.41) is 9.49. The van der Waals surface area contributed by atoms with Crippen LogP contribution in [0.4, 0.5) is 4.79 Å². The molecule has 214 valence electrons. The van der Waals surface area contributed by atoms with Gasteiger partial charge in [0.15, 0.2) is 0 Å². The van der Waals surface area contributed by atoms with Crippen LogP contribution in [0.15, 0.2) is 48.5 Å². The minimum Gasteiger partial charge on any atom is -0.481 e. The van der Waals surface area contributed by atoms with Crippen molar-refractivity contribution in [1.29, 1.82) is 0 Å². The van der Waals surface area contributed by atoms with E-state index in [1.54, 1.807) is 21.0 Å². The summed E-state index contributed by atoms with van der Waals surface area (Å²) >= 11 is 0. The van der Waals surface area contributed by atoms with Crippen molar-refractivity contribution in [3.8, 4) is 11.1 Å². The highest BCUT2D eigenvalue weighted by Crippen LogP contribution is 2.44. The summed E-state index contributed by atoms with van der Waals surface area (Å²) in [6.45, 7) is 2.28. The smallest absolute Gasteiger partial charge is 0.410 e. The first kappa shape index (κ1) is 29.1. The van der Waals surface area contributed by atoms with Crippen molar-refractivity contribution in [2.45, 2.75) is 57.0 Å². The standard InChI is InChI=1S/C31H39N3O6/c1-5-32(2)29(37)26(18-27(35)36)33(3)30(38)28(20-12-6-7-13-20)34(4)31(39)40-19-25-23-16-10-8-14-21(23)22-15-9-11-17-24(22)25/h8-11,14-17,20,25-26,28H,5-7,12-13,18-19H2,1-4H3,(H,35,36)/t26-,28-/m0/s1.